The van der Waals surface area contributed by atoms with Gasteiger partial charge in [-0.25, -0.2) is 4.57 Å². The molecule has 0 bridgehead atoms. The maximum Gasteiger partial charge on any atom is 0.527 e. The van der Waals surface area contributed by atoms with Crippen LogP contribution in [0, 0.1) is 0 Å². The minimum Gasteiger partial charge on any atom is -0.370 e. The van der Waals surface area contributed by atoms with Crippen LogP contribution >= 0.6 is 30.3 Å². The number of carbonyl (C=O) groups excluding carboxylic acids is 1. The van der Waals surface area contributed by atoms with Crippen LogP contribution in [0.4, 0.5) is 0 Å². The first-order valence-electron chi connectivity index (χ1n) is 5.37. The van der Waals surface area contributed by atoms with E-state index in [2.05, 4.69) is 16.2 Å². The Morgan fingerprint density at radius 3 is 2.26 bits per heavy atom. The standard InChI is InChI=1S/C10H13O5P.CH4S2/c1-2-9(8-6-4-3-5-7-8)10(11)15-16(12,13)14;1-3-2/h3-7,9H,2H2,1H3,(H2,12,13,14);2H,1H3. The van der Waals surface area contributed by atoms with Crippen LogP contribution in [0.25, 0.3) is 0 Å². The molecular weight excluding hydrogens is 307 g/mol. The van der Waals surface area contributed by atoms with Crippen molar-refractivity contribution in [1.29, 1.82) is 0 Å². The zero-order chi connectivity index (χ0) is 14.9. The molecule has 1 rings (SSSR count). The Morgan fingerprint density at radius 1 is 1.42 bits per heavy atom. The fourth-order valence-corrected chi connectivity index (χ4v) is 1.77. The quantitative estimate of drug-likeness (QED) is 0.448. The molecule has 0 aliphatic carbocycles. The van der Waals surface area contributed by atoms with Gasteiger partial charge in [-0.3, -0.25) is 14.6 Å². The van der Waals surface area contributed by atoms with Crippen molar-refractivity contribution in [3.05, 3.63) is 35.9 Å². The van der Waals surface area contributed by atoms with Crippen LogP contribution in [0.15, 0.2) is 30.3 Å². The number of phosphoric ester groups is 1. The summed E-state index contributed by atoms with van der Waals surface area (Å²) in [6.07, 6.45) is 2.33. The van der Waals surface area contributed by atoms with Crippen LogP contribution in [-0.4, -0.2) is 22.0 Å². The summed E-state index contributed by atoms with van der Waals surface area (Å²) in [4.78, 5) is 28.6. The highest BCUT2D eigenvalue weighted by Crippen LogP contribution is 2.38. The number of carbonyl (C=O) groups is 1. The van der Waals surface area contributed by atoms with Crippen LogP contribution in [-0.2, 0) is 13.9 Å². The summed E-state index contributed by atoms with van der Waals surface area (Å²) in [5.74, 6) is -1.55. The summed E-state index contributed by atoms with van der Waals surface area (Å²) in [6, 6.07) is 8.74. The van der Waals surface area contributed by atoms with Gasteiger partial charge in [0.2, 0.25) is 0 Å². The van der Waals surface area contributed by atoms with E-state index in [0.717, 1.165) is 0 Å². The second-order valence-electron chi connectivity index (χ2n) is 3.45. The van der Waals surface area contributed by atoms with Gasteiger partial charge in [0, 0.05) is 0 Å². The largest absolute Gasteiger partial charge is 0.527 e. The monoisotopic (exact) mass is 324 g/mol. The van der Waals surface area contributed by atoms with E-state index in [1.54, 1.807) is 37.3 Å². The molecule has 1 aromatic carbocycles. The molecule has 0 aromatic heterocycles. The van der Waals surface area contributed by atoms with Gasteiger partial charge in [0.1, 0.15) is 0 Å². The Morgan fingerprint density at radius 2 is 1.89 bits per heavy atom. The number of hydrogen-bond acceptors (Lipinski definition) is 5. The lowest BCUT2D eigenvalue weighted by molar-refractivity contribution is -0.137. The average Bonchev–Trinajstić information content (AvgIpc) is 2.30. The van der Waals surface area contributed by atoms with Crippen LogP contribution in [0.2, 0.25) is 0 Å². The molecule has 0 spiro atoms. The maximum absolute atomic E-state index is 11.5. The lowest BCUT2D eigenvalue weighted by atomic mass is 9.97. The third kappa shape index (κ3) is 8.34. The van der Waals surface area contributed by atoms with E-state index in [1.165, 1.54) is 10.8 Å². The Bertz CT molecular complexity index is 420. The summed E-state index contributed by atoms with van der Waals surface area (Å²) in [6.45, 7) is 1.75. The van der Waals surface area contributed by atoms with Crippen molar-refractivity contribution in [2.24, 2.45) is 0 Å². The zero-order valence-corrected chi connectivity index (χ0v) is 13.2. The molecule has 19 heavy (non-hydrogen) atoms. The first kappa shape index (κ1) is 18.5. The van der Waals surface area contributed by atoms with Crippen LogP contribution in [0.3, 0.4) is 0 Å². The minimum absolute atomic E-state index is 0.419. The third-order valence-electron chi connectivity index (χ3n) is 2.10. The van der Waals surface area contributed by atoms with Gasteiger partial charge in [0.15, 0.2) is 0 Å². The molecule has 8 heteroatoms. The fourth-order valence-electron chi connectivity index (χ4n) is 1.40. The normalized spacial score (nSPS) is 12.1. The van der Waals surface area contributed by atoms with Gasteiger partial charge < -0.3 is 4.52 Å². The molecule has 2 N–H and O–H groups in total. The molecule has 5 nitrogen and oxygen atoms in total. The smallest absolute Gasteiger partial charge is 0.370 e. The Kier molecular flexibility index (Phi) is 9.22. The summed E-state index contributed by atoms with van der Waals surface area (Å²) in [5, 5.41) is 0. The van der Waals surface area contributed by atoms with Crippen LogP contribution in [0.1, 0.15) is 24.8 Å². The molecule has 0 saturated carbocycles. The Hall–Kier alpha value is -0.460. The van der Waals surface area contributed by atoms with Crippen LogP contribution in [0.5, 0.6) is 0 Å². The van der Waals surface area contributed by atoms with Crippen molar-refractivity contribution in [2.75, 3.05) is 6.26 Å². The molecule has 0 fully saturated rings. The number of benzene rings is 1. The van der Waals surface area contributed by atoms with Gasteiger partial charge in [-0.1, -0.05) is 37.3 Å². The van der Waals surface area contributed by atoms with Gasteiger partial charge in [0.05, 0.1) is 5.92 Å². The van der Waals surface area contributed by atoms with Crippen molar-refractivity contribution in [1.82, 2.24) is 0 Å². The first-order chi connectivity index (χ1) is 8.85. The highest BCUT2D eigenvalue weighted by atomic mass is 33.1. The SMILES string of the molecule is CCC(C(=O)OP(=O)(O)O)c1ccccc1.CSS. The van der Waals surface area contributed by atoms with Gasteiger partial charge >= 0.3 is 13.8 Å². The predicted octanol–water partition coefficient (Wildman–Crippen LogP) is 3.01. The molecule has 0 saturated heterocycles. The van der Waals surface area contributed by atoms with Crippen molar-refractivity contribution in [2.45, 2.75) is 19.3 Å². The molecule has 1 aromatic rings. The molecule has 0 aliphatic rings. The van der Waals surface area contributed by atoms with Gasteiger partial charge in [0.25, 0.3) is 0 Å². The molecule has 1 atom stereocenters. The molecule has 108 valence electrons. The second kappa shape index (κ2) is 9.44. The van der Waals surface area contributed by atoms with Crippen molar-refractivity contribution >= 4 is 36.2 Å². The van der Waals surface area contributed by atoms with Gasteiger partial charge in [-0.2, -0.15) is 0 Å². The number of hydrogen-bond donors (Lipinski definition) is 3. The van der Waals surface area contributed by atoms with Gasteiger partial charge in [-0.15, -0.1) is 22.5 Å². The summed E-state index contributed by atoms with van der Waals surface area (Å²) < 4.78 is 14.6. The van der Waals surface area contributed by atoms with E-state index in [0.29, 0.717) is 12.0 Å². The van der Waals surface area contributed by atoms with Crippen molar-refractivity contribution in [3.63, 3.8) is 0 Å². The van der Waals surface area contributed by atoms with Crippen molar-refractivity contribution < 1.29 is 23.7 Å². The highest BCUT2D eigenvalue weighted by molar-refractivity contribution is 8.68. The van der Waals surface area contributed by atoms with E-state index in [9.17, 15) is 9.36 Å². The third-order valence-corrected chi connectivity index (χ3v) is 2.52. The van der Waals surface area contributed by atoms with Gasteiger partial charge in [-0.05, 0) is 18.2 Å². The summed E-state index contributed by atoms with van der Waals surface area (Å²) >= 11 is 3.71. The second-order valence-corrected chi connectivity index (χ2v) is 6.08. The van der Waals surface area contributed by atoms with E-state index in [-0.39, 0.29) is 0 Å². The van der Waals surface area contributed by atoms with Crippen molar-refractivity contribution in [3.8, 4) is 0 Å². The number of rotatable bonds is 4. The molecule has 0 amide bonds. The van der Waals surface area contributed by atoms with E-state index < -0.39 is 19.7 Å². The summed E-state index contributed by atoms with van der Waals surface area (Å²) in [7, 11) is -3.31. The lowest BCUT2D eigenvalue weighted by Gasteiger charge is -2.14. The topological polar surface area (TPSA) is 83.8 Å². The average molecular weight is 324 g/mol. The lowest BCUT2D eigenvalue weighted by Crippen LogP contribution is -2.14. The highest BCUT2D eigenvalue weighted by Gasteiger charge is 2.27. The first-order valence-corrected chi connectivity index (χ1v) is 9.17. The molecule has 0 radical (unpaired) electrons. The minimum atomic E-state index is -4.76. The predicted molar refractivity (Wildman–Crippen MR) is 80.1 cm³/mol. The van der Waals surface area contributed by atoms with E-state index in [4.69, 9.17) is 9.79 Å². The molecule has 1 unspecified atom stereocenters. The number of thiol groups is 1. The Labute approximate surface area is 121 Å². The van der Waals surface area contributed by atoms with E-state index in [1.807, 2.05) is 6.26 Å². The number of phosphoric acid groups is 1. The summed E-state index contributed by atoms with van der Waals surface area (Å²) in [5.41, 5.74) is 0.684. The zero-order valence-electron chi connectivity index (χ0n) is 10.6. The van der Waals surface area contributed by atoms with E-state index >= 15 is 0 Å². The maximum atomic E-state index is 11.5. The fraction of sp³-hybridized carbons (Fsp3) is 0.364. The molecule has 0 heterocycles. The Balaban J connectivity index is 0.000000982. The molecular formula is C11H17O5PS2. The van der Waals surface area contributed by atoms with Crippen LogP contribution < -0.4 is 0 Å². The molecule has 0 aliphatic heterocycles.